The van der Waals surface area contributed by atoms with Crippen LogP contribution in [0.25, 0.3) is 0 Å². The largest absolute Gasteiger partial charge is 0.537 e. The number of hydrogen-bond donors (Lipinski definition) is 8. The molecular weight excluding hydrogens is 999 g/mol. The molecule has 3 aliphatic rings. The van der Waals surface area contributed by atoms with Gasteiger partial charge in [-0.15, -0.1) is 42.4 Å². The number of rotatable bonds is 11. The van der Waals surface area contributed by atoms with Gasteiger partial charge >= 0.3 is 39.3 Å². The van der Waals surface area contributed by atoms with E-state index < -0.39 is 39.3 Å². The molecule has 0 amide bonds. The van der Waals surface area contributed by atoms with Gasteiger partial charge in [-0.1, -0.05) is 95.2 Å². The fraction of sp³-hybridized carbons (Fsp3) is 0.289. The maximum atomic E-state index is 11.6. The second kappa shape index (κ2) is 22.0. The number of aryl methyl sites for hydroxylation is 3. The molecular formula is C38H40B3N9O12S6. The van der Waals surface area contributed by atoms with Crippen LogP contribution < -0.4 is 25.4 Å². The molecule has 0 bridgehead atoms. The standard InChI is InChI=1S/C14H16BN3O4S.C12H12BN3O4S3.C12H12BN3O4S2/c1-3-8-4-5-9-6-10(23-14-17-16-7-18(14)2)15(21)22-12(9)11(8)13(19)20;1-21-6-3-2-5-4-7(22-12-16-15-11(14)23-12)13(19)20-9(5)8(6)10(17)18;1-5-2-3-6-4-7(21-12-16-15-11(14)22-12)13(19)20-9(6)8(5)10(17)18/h4-5,7,10,21H,3,6H2,1-2H3,(H,19,20);2-3,7,19H,4H2,1H3,(H2,14,15)(H,17,18);2-3,7,19H,4H2,1H3,(H2,14,15)(H,17,18)/t10-;2*7-/m000/s1. The number of carboxylic acid groups (broad SMARTS) is 3. The van der Waals surface area contributed by atoms with E-state index in [1.807, 2.05) is 38.2 Å². The third-order valence-electron chi connectivity index (χ3n) is 10.4. The third kappa shape index (κ3) is 11.5. The molecule has 0 saturated heterocycles. The lowest BCUT2D eigenvalue weighted by Gasteiger charge is -2.28. The second-order valence-electron chi connectivity index (χ2n) is 14.9. The molecule has 354 valence electrons. The van der Waals surface area contributed by atoms with E-state index in [1.54, 1.807) is 36.2 Å². The van der Waals surface area contributed by atoms with Crippen LogP contribution in [0.3, 0.4) is 0 Å². The zero-order chi connectivity index (χ0) is 49.0. The number of fused-ring (bicyclic) bond motifs is 3. The summed E-state index contributed by atoms with van der Waals surface area (Å²) in [5.41, 5.74) is 15.0. The number of thioether (sulfide) groups is 4. The van der Waals surface area contributed by atoms with E-state index in [0.29, 0.717) is 65.8 Å². The summed E-state index contributed by atoms with van der Waals surface area (Å²) in [6.45, 7) is 3.59. The van der Waals surface area contributed by atoms with Gasteiger partial charge in [-0.2, -0.15) is 0 Å². The van der Waals surface area contributed by atoms with E-state index in [0.717, 1.165) is 16.7 Å². The van der Waals surface area contributed by atoms with Crippen molar-refractivity contribution in [3.63, 3.8) is 0 Å². The molecule has 6 heterocycles. The fourth-order valence-corrected chi connectivity index (χ4v) is 12.7. The van der Waals surface area contributed by atoms with Crippen LogP contribution in [0.15, 0.2) is 61.5 Å². The van der Waals surface area contributed by atoms with E-state index in [2.05, 4.69) is 30.6 Å². The molecule has 3 atom stereocenters. The van der Waals surface area contributed by atoms with Crippen molar-refractivity contribution >= 4 is 119 Å². The third-order valence-corrected chi connectivity index (χ3v) is 16.6. The molecule has 0 aliphatic carbocycles. The van der Waals surface area contributed by atoms with Crippen molar-refractivity contribution in [2.75, 3.05) is 17.7 Å². The van der Waals surface area contributed by atoms with Crippen LogP contribution in [-0.4, -0.2) is 127 Å². The first kappa shape index (κ1) is 50.7. The summed E-state index contributed by atoms with van der Waals surface area (Å²) in [5, 5.41) is 82.5. The highest BCUT2D eigenvalue weighted by molar-refractivity contribution is 8.03. The average Bonchev–Trinajstić information content (AvgIpc) is 4.03. The monoisotopic (exact) mass is 1040 g/mol. The van der Waals surface area contributed by atoms with E-state index in [-0.39, 0.29) is 49.4 Å². The number of carboxylic acids is 3. The van der Waals surface area contributed by atoms with Crippen molar-refractivity contribution in [2.24, 2.45) is 7.05 Å². The van der Waals surface area contributed by atoms with Gasteiger partial charge in [0.15, 0.2) is 13.8 Å². The Morgan fingerprint density at radius 1 is 0.691 bits per heavy atom. The van der Waals surface area contributed by atoms with E-state index in [9.17, 15) is 44.8 Å². The first-order chi connectivity index (χ1) is 32.5. The summed E-state index contributed by atoms with van der Waals surface area (Å²) < 4.78 is 19.6. The SMILES string of the molecule is CCc1ccc2c(c1C(=O)O)OB(O)[C@@H](Sc1nncn1C)C2.CSc1ccc2c(c1C(=O)O)OB(O)[C@@H](Sc1nnc(N)s1)C2.Cc1ccc2c(c1C(=O)O)OB(O)[C@@H](Sc1nnc(N)s1)C2. The fourth-order valence-electron chi connectivity index (χ4n) is 7.20. The molecule has 0 spiro atoms. The van der Waals surface area contributed by atoms with Gasteiger partial charge in [-0.25, -0.2) is 14.4 Å². The summed E-state index contributed by atoms with van der Waals surface area (Å²) >= 11 is 7.79. The number of hydrogen-bond acceptors (Lipinski definition) is 23. The van der Waals surface area contributed by atoms with Gasteiger partial charge in [0.05, 0.1) is 15.4 Å². The summed E-state index contributed by atoms with van der Waals surface area (Å²) in [7, 11) is -1.53. The van der Waals surface area contributed by atoms with Gasteiger partial charge in [0.25, 0.3) is 0 Å². The van der Waals surface area contributed by atoms with Crippen molar-refractivity contribution in [1.29, 1.82) is 0 Å². The maximum Gasteiger partial charge on any atom is 0.537 e. The Labute approximate surface area is 413 Å². The van der Waals surface area contributed by atoms with Crippen molar-refractivity contribution < 1.29 is 58.7 Å². The number of nitrogens with two attached hydrogens (primary N) is 2. The Hall–Kier alpha value is -5.20. The molecule has 10 N–H and O–H groups in total. The molecule has 0 fully saturated rings. The molecule has 0 saturated carbocycles. The van der Waals surface area contributed by atoms with E-state index in [4.69, 9.17) is 25.4 Å². The van der Waals surface area contributed by atoms with E-state index in [1.165, 1.54) is 69.7 Å². The first-order valence-corrected chi connectivity index (χ1v) is 25.7. The van der Waals surface area contributed by atoms with Crippen LogP contribution in [0, 0.1) is 6.92 Å². The molecule has 30 heteroatoms. The number of aromatic carboxylic acids is 3. The average molecular weight is 1040 g/mol. The predicted octanol–water partition coefficient (Wildman–Crippen LogP) is 4.09. The zero-order valence-electron chi connectivity index (χ0n) is 36.2. The van der Waals surface area contributed by atoms with Gasteiger partial charge in [-0.3, -0.25) is 0 Å². The van der Waals surface area contributed by atoms with Crippen LogP contribution in [0.4, 0.5) is 10.3 Å². The molecule has 3 aromatic carbocycles. The Bertz CT molecular complexity index is 2840. The van der Waals surface area contributed by atoms with Crippen molar-refractivity contribution in [3.8, 4) is 17.2 Å². The quantitative estimate of drug-likeness (QED) is 0.0669. The normalized spacial score (nSPS) is 16.9. The van der Waals surface area contributed by atoms with Crippen LogP contribution in [0.5, 0.6) is 17.2 Å². The van der Waals surface area contributed by atoms with Gasteiger partial charge in [0, 0.05) is 11.9 Å². The highest BCUT2D eigenvalue weighted by Crippen LogP contribution is 2.42. The van der Waals surface area contributed by atoms with E-state index >= 15 is 0 Å². The van der Waals surface area contributed by atoms with Crippen molar-refractivity contribution in [2.45, 2.75) is 73.7 Å². The minimum absolute atomic E-state index is 0.0951. The summed E-state index contributed by atoms with van der Waals surface area (Å²) in [6.07, 6.45) is 5.41. The first-order valence-electron chi connectivity index (χ1n) is 20.2. The number of aromatic nitrogens is 7. The lowest BCUT2D eigenvalue weighted by molar-refractivity contribution is 0.0680. The lowest BCUT2D eigenvalue weighted by atomic mass is 9.77. The number of anilines is 2. The van der Waals surface area contributed by atoms with Gasteiger partial charge < -0.3 is 60.4 Å². The Balaban J connectivity index is 0.000000151. The molecule has 0 unspecified atom stereocenters. The smallest absolute Gasteiger partial charge is 0.535 e. The molecule has 3 aliphatic heterocycles. The highest BCUT2D eigenvalue weighted by atomic mass is 32.2. The minimum Gasteiger partial charge on any atom is -0.535 e. The summed E-state index contributed by atoms with van der Waals surface area (Å²) in [6, 6.07) is 10.9. The summed E-state index contributed by atoms with van der Waals surface area (Å²) in [5.74, 6) is -2.41. The van der Waals surface area contributed by atoms with Crippen LogP contribution in [0.2, 0.25) is 0 Å². The van der Waals surface area contributed by atoms with Crippen molar-refractivity contribution in [3.05, 3.63) is 87.2 Å². The molecule has 0 radical (unpaired) electrons. The van der Waals surface area contributed by atoms with Gasteiger partial charge in [0.1, 0.15) is 40.3 Å². The van der Waals surface area contributed by atoms with Gasteiger partial charge in [0.2, 0.25) is 10.3 Å². The minimum atomic E-state index is -1.13. The van der Waals surface area contributed by atoms with Crippen molar-refractivity contribution in [1.82, 2.24) is 35.2 Å². The Morgan fingerprint density at radius 3 is 1.57 bits per heavy atom. The van der Waals surface area contributed by atoms with Crippen LogP contribution in [0.1, 0.15) is 65.8 Å². The molecule has 9 rings (SSSR count). The number of carbonyl (C=O) groups is 3. The van der Waals surface area contributed by atoms with Gasteiger partial charge in [-0.05, 0) is 72.7 Å². The summed E-state index contributed by atoms with van der Waals surface area (Å²) in [4.78, 5) is 35.1. The zero-order valence-corrected chi connectivity index (χ0v) is 41.1. The molecule has 6 aromatic rings. The number of benzene rings is 3. The van der Waals surface area contributed by atoms with Crippen LogP contribution in [-0.2, 0) is 32.7 Å². The second-order valence-corrected chi connectivity index (χ2v) is 21.9. The predicted molar refractivity (Wildman–Crippen MR) is 262 cm³/mol. The Morgan fingerprint density at radius 2 is 1.15 bits per heavy atom. The Kier molecular flexibility index (Phi) is 16.4. The molecule has 68 heavy (non-hydrogen) atoms. The number of nitrogen functional groups attached to an aromatic ring is 2. The molecule has 21 nitrogen and oxygen atoms in total. The van der Waals surface area contributed by atoms with Crippen LogP contribution >= 0.6 is 69.7 Å². The lowest BCUT2D eigenvalue weighted by Crippen LogP contribution is -2.41. The maximum absolute atomic E-state index is 11.6. The topological polar surface area (TPSA) is 335 Å². The highest BCUT2D eigenvalue weighted by Gasteiger charge is 2.41. The number of nitrogens with zero attached hydrogens (tertiary/aromatic N) is 7. The molecule has 3 aromatic heterocycles.